The summed E-state index contributed by atoms with van der Waals surface area (Å²) in [6.45, 7) is 3.37. The second-order valence-corrected chi connectivity index (χ2v) is 6.69. The molecule has 0 spiro atoms. The quantitative estimate of drug-likeness (QED) is 0.585. The van der Waals surface area contributed by atoms with Gasteiger partial charge < -0.3 is 0 Å². The maximum atomic E-state index is 6.39. The van der Waals surface area contributed by atoms with Crippen LogP contribution in [0.25, 0.3) is 0 Å². The molecule has 0 atom stereocenters. The fourth-order valence-electron chi connectivity index (χ4n) is 4.98. The van der Waals surface area contributed by atoms with Gasteiger partial charge in [0.25, 0.3) is 0 Å². The standard InChI is InChI=1S/C14H26N2/c1-2-3-4-16(15)14-8-11-5-12(9-14)7-13(6-11)10-14/h11-13H,2-10,15H2,1H3. The maximum absolute atomic E-state index is 6.39. The summed E-state index contributed by atoms with van der Waals surface area (Å²) in [5, 5.41) is 2.25. The molecule has 4 rings (SSSR count). The van der Waals surface area contributed by atoms with Crippen molar-refractivity contribution in [3.63, 3.8) is 0 Å². The van der Waals surface area contributed by atoms with Crippen LogP contribution in [0.2, 0.25) is 0 Å². The fourth-order valence-corrected chi connectivity index (χ4v) is 4.98. The minimum atomic E-state index is 0.421. The highest BCUT2D eigenvalue weighted by Gasteiger charge is 2.52. The lowest BCUT2D eigenvalue weighted by Gasteiger charge is -2.59. The Morgan fingerprint density at radius 1 is 1.06 bits per heavy atom. The third-order valence-electron chi connectivity index (χ3n) is 5.37. The van der Waals surface area contributed by atoms with Crippen LogP contribution in [-0.2, 0) is 0 Å². The molecule has 0 amide bonds. The van der Waals surface area contributed by atoms with Crippen molar-refractivity contribution in [3.05, 3.63) is 0 Å². The van der Waals surface area contributed by atoms with Crippen LogP contribution in [0.4, 0.5) is 0 Å². The fraction of sp³-hybridized carbons (Fsp3) is 1.00. The first-order chi connectivity index (χ1) is 7.72. The van der Waals surface area contributed by atoms with E-state index in [0.29, 0.717) is 5.54 Å². The number of unbranched alkanes of at least 4 members (excludes halogenated alkanes) is 1. The Hall–Kier alpha value is -0.0800. The molecule has 4 fully saturated rings. The highest BCUT2D eigenvalue weighted by Crippen LogP contribution is 2.57. The molecule has 0 saturated heterocycles. The van der Waals surface area contributed by atoms with Gasteiger partial charge in [0.2, 0.25) is 0 Å². The van der Waals surface area contributed by atoms with E-state index in [4.69, 9.17) is 5.84 Å². The highest BCUT2D eigenvalue weighted by molar-refractivity contribution is 5.06. The van der Waals surface area contributed by atoms with Gasteiger partial charge in [0.15, 0.2) is 0 Å². The van der Waals surface area contributed by atoms with Crippen LogP contribution in [0.3, 0.4) is 0 Å². The third kappa shape index (κ3) is 1.70. The zero-order valence-corrected chi connectivity index (χ0v) is 10.6. The van der Waals surface area contributed by atoms with Gasteiger partial charge in [-0.15, -0.1) is 0 Å². The molecule has 4 bridgehead atoms. The van der Waals surface area contributed by atoms with Gasteiger partial charge in [-0.1, -0.05) is 13.3 Å². The monoisotopic (exact) mass is 222 g/mol. The normalized spacial score (nSPS) is 45.6. The minimum absolute atomic E-state index is 0.421. The van der Waals surface area contributed by atoms with Crippen molar-refractivity contribution in [1.29, 1.82) is 0 Å². The van der Waals surface area contributed by atoms with Gasteiger partial charge >= 0.3 is 0 Å². The Morgan fingerprint density at radius 3 is 2.00 bits per heavy atom. The average molecular weight is 222 g/mol. The second-order valence-electron chi connectivity index (χ2n) is 6.69. The Labute approximate surface area is 99.5 Å². The highest BCUT2D eigenvalue weighted by atomic mass is 15.4. The molecule has 0 aliphatic heterocycles. The van der Waals surface area contributed by atoms with E-state index in [9.17, 15) is 0 Å². The molecular formula is C14H26N2. The SMILES string of the molecule is CCCCN(N)C12CC3CC(CC(C3)C1)C2. The molecule has 0 radical (unpaired) electrons. The van der Waals surface area contributed by atoms with E-state index in [0.717, 1.165) is 24.3 Å². The van der Waals surface area contributed by atoms with E-state index in [1.807, 2.05) is 0 Å². The van der Waals surface area contributed by atoms with E-state index in [2.05, 4.69) is 11.9 Å². The maximum Gasteiger partial charge on any atom is 0.0359 e. The predicted octanol–water partition coefficient (Wildman–Crippen LogP) is 2.93. The predicted molar refractivity (Wildman–Crippen MR) is 66.7 cm³/mol. The Kier molecular flexibility index (Phi) is 2.75. The first-order valence-electron chi connectivity index (χ1n) is 7.24. The molecule has 0 aromatic rings. The van der Waals surface area contributed by atoms with Gasteiger partial charge in [0.05, 0.1) is 0 Å². The number of hydrazine groups is 1. The molecule has 0 aromatic carbocycles. The smallest absolute Gasteiger partial charge is 0.0359 e. The summed E-state index contributed by atoms with van der Waals surface area (Å²) >= 11 is 0. The molecule has 4 aliphatic carbocycles. The van der Waals surface area contributed by atoms with Crippen LogP contribution in [0.5, 0.6) is 0 Å². The van der Waals surface area contributed by atoms with Crippen LogP contribution in [0, 0.1) is 17.8 Å². The zero-order valence-electron chi connectivity index (χ0n) is 10.6. The molecule has 0 unspecified atom stereocenters. The van der Waals surface area contributed by atoms with E-state index in [-0.39, 0.29) is 0 Å². The molecule has 0 aromatic heterocycles. The van der Waals surface area contributed by atoms with Gasteiger partial charge in [0, 0.05) is 12.1 Å². The van der Waals surface area contributed by atoms with Gasteiger partial charge in [-0.05, 0) is 62.7 Å². The molecule has 4 saturated carbocycles. The molecule has 16 heavy (non-hydrogen) atoms. The summed E-state index contributed by atoms with van der Waals surface area (Å²) in [6, 6.07) is 0. The summed E-state index contributed by atoms with van der Waals surface area (Å²) in [7, 11) is 0. The molecule has 4 aliphatic rings. The lowest BCUT2D eigenvalue weighted by molar-refractivity contribution is -0.0902. The largest absolute Gasteiger partial charge is 0.268 e. The Bertz CT molecular complexity index is 226. The van der Waals surface area contributed by atoms with Crippen molar-refractivity contribution in [2.45, 2.75) is 63.8 Å². The van der Waals surface area contributed by atoms with Crippen molar-refractivity contribution >= 4 is 0 Å². The van der Waals surface area contributed by atoms with Crippen molar-refractivity contribution in [2.75, 3.05) is 6.54 Å². The molecule has 92 valence electrons. The molecular weight excluding hydrogens is 196 g/mol. The number of nitrogens with zero attached hydrogens (tertiary/aromatic N) is 1. The summed E-state index contributed by atoms with van der Waals surface area (Å²) in [4.78, 5) is 0. The molecule has 2 nitrogen and oxygen atoms in total. The summed E-state index contributed by atoms with van der Waals surface area (Å²) in [5.74, 6) is 9.43. The summed E-state index contributed by atoms with van der Waals surface area (Å²) < 4.78 is 0. The summed E-state index contributed by atoms with van der Waals surface area (Å²) in [5.41, 5.74) is 0.421. The number of hydrogen-bond acceptors (Lipinski definition) is 2. The van der Waals surface area contributed by atoms with Crippen LogP contribution < -0.4 is 5.84 Å². The van der Waals surface area contributed by atoms with Crippen LogP contribution in [0.1, 0.15) is 58.3 Å². The Balaban J connectivity index is 1.72. The summed E-state index contributed by atoms with van der Waals surface area (Å²) in [6.07, 6.45) is 11.3. The van der Waals surface area contributed by atoms with Crippen molar-refractivity contribution in [3.8, 4) is 0 Å². The average Bonchev–Trinajstić information content (AvgIpc) is 2.24. The van der Waals surface area contributed by atoms with Crippen molar-refractivity contribution in [2.24, 2.45) is 23.6 Å². The van der Waals surface area contributed by atoms with Crippen molar-refractivity contribution < 1.29 is 0 Å². The van der Waals surface area contributed by atoms with E-state index < -0.39 is 0 Å². The zero-order chi connectivity index (χ0) is 11.2. The lowest BCUT2D eigenvalue weighted by Crippen LogP contribution is -2.62. The second kappa shape index (κ2) is 3.99. The molecule has 2 heteroatoms. The van der Waals surface area contributed by atoms with Crippen LogP contribution >= 0.6 is 0 Å². The van der Waals surface area contributed by atoms with Crippen molar-refractivity contribution in [1.82, 2.24) is 5.01 Å². The first-order valence-corrected chi connectivity index (χ1v) is 7.24. The topological polar surface area (TPSA) is 29.3 Å². The van der Waals surface area contributed by atoms with Crippen LogP contribution in [0.15, 0.2) is 0 Å². The third-order valence-corrected chi connectivity index (χ3v) is 5.37. The van der Waals surface area contributed by atoms with Gasteiger partial charge in [-0.3, -0.25) is 5.84 Å². The number of rotatable bonds is 4. The van der Waals surface area contributed by atoms with E-state index in [1.54, 1.807) is 0 Å². The van der Waals surface area contributed by atoms with Gasteiger partial charge in [0.1, 0.15) is 0 Å². The van der Waals surface area contributed by atoms with Crippen LogP contribution in [-0.4, -0.2) is 17.1 Å². The van der Waals surface area contributed by atoms with Gasteiger partial charge in [-0.2, -0.15) is 0 Å². The Morgan fingerprint density at radius 2 is 1.56 bits per heavy atom. The minimum Gasteiger partial charge on any atom is -0.268 e. The number of nitrogens with two attached hydrogens (primary N) is 1. The number of hydrogen-bond donors (Lipinski definition) is 1. The van der Waals surface area contributed by atoms with Gasteiger partial charge in [-0.25, -0.2) is 5.01 Å². The molecule has 0 heterocycles. The van der Waals surface area contributed by atoms with E-state index >= 15 is 0 Å². The first kappa shape index (κ1) is 11.0. The van der Waals surface area contributed by atoms with E-state index in [1.165, 1.54) is 51.4 Å². The lowest BCUT2D eigenvalue weighted by atomic mass is 9.53. The molecule has 2 N–H and O–H groups in total.